The van der Waals surface area contributed by atoms with Crippen molar-refractivity contribution in [1.29, 1.82) is 5.26 Å². The van der Waals surface area contributed by atoms with Gasteiger partial charge in [0.15, 0.2) is 0 Å². The van der Waals surface area contributed by atoms with Crippen LogP contribution in [0.15, 0.2) is 59.5 Å². The summed E-state index contributed by atoms with van der Waals surface area (Å²) < 4.78 is 13.0. The van der Waals surface area contributed by atoms with Gasteiger partial charge in [0.05, 0.1) is 11.5 Å². The highest BCUT2D eigenvalue weighted by molar-refractivity contribution is 7.99. The molecule has 0 aromatic heterocycles. The molecule has 0 aliphatic carbocycles. The van der Waals surface area contributed by atoms with Gasteiger partial charge in [-0.3, -0.25) is 4.90 Å². The lowest BCUT2D eigenvalue weighted by Gasteiger charge is -2.36. The smallest absolute Gasteiger partial charge is 0.123 e. The lowest BCUT2D eigenvalue weighted by molar-refractivity contribution is 0.134. The second-order valence-corrected chi connectivity index (χ2v) is 9.86. The first-order valence-corrected chi connectivity index (χ1v) is 12.3. The molecule has 3 rings (SSSR count). The zero-order valence-electron chi connectivity index (χ0n) is 18.8. The maximum atomic E-state index is 13.0. The molecule has 1 heterocycles. The van der Waals surface area contributed by atoms with Crippen molar-refractivity contribution < 1.29 is 4.39 Å². The molecule has 0 N–H and O–H groups in total. The Hall–Kier alpha value is -1.87. The van der Waals surface area contributed by atoms with E-state index in [2.05, 4.69) is 41.8 Å². The lowest BCUT2D eigenvalue weighted by atomic mass is 9.70. The van der Waals surface area contributed by atoms with Crippen molar-refractivity contribution in [3.05, 3.63) is 66.0 Å². The molecule has 2 aromatic rings. The predicted molar refractivity (Wildman–Crippen MR) is 128 cm³/mol. The van der Waals surface area contributed by atoms with Crippen molar-refractivity contribution in [2.45, 2.75) is 37.0 Å². The third kappa shape index (κ3) is 6.55. The highest BCUT2D eigenvalue weighted by atomic mass is 32.2. The van der Waals surface area contributed by atoms with Crippen LogP contribution in [0.5, 0.6) is 0 Å². The lowest BCUT2D eigenvalue weighted by Crippen LogP contribution is -2.47. The van der Waals surface area contributed by atoms with Gasteiger partial charge in [0, 0.05) is 43.4 Å². The fraction of sp³-hybridized carbons (Fsp3) is 0.500. The summed E-state index contributed by atoms with van der Waals surface area (Å²) >= 11 is 1.79. The zero-order valence-corrected chi connectivity index (χ0v) is 19.6. The van der Waals surface area contributed by atoms with Crippen LogP contribution >= 0.6 is 11.8 Å². The minimum Gasteiger partial charge on any atom is -0.301 e. The topological polar surface area (TPSA) is 30.3 Å². The third-order valence-electron chi connectivity index (χ3n) is 6.47. The molecule has 0 bridgehead atoms. The molecular weight excluding hydrogens is 405 g/mol. The molecule has 1 atom stereocenters. The molecule has 166 valence electrons. The Labute approximate surface area is 191 Å². The minimum atomic E-state index is -0.402. The summed E-state index contributed by atoms with van der Waals surface area (Å²) in [5.41, 5.74) is 0.747. The molecule has 1 aliphatic rings. The maximum Gasteiger partial charge on any atom is 0.123 e. The van der Waals surface area contributed by atoms with E-state index in [4.69, 9.17) is 0 Å². The van der Waals surface area contributed by atoms with Gasteiger partial charge in [-0.15, -0.1) is 11.8 Å². The van der Waals surface area contributed by atoms with E-state index in [1.165, 1.54) is 12.1 Å². The van der Waals surface area contributed by atoms with Crippen LogP contribution < -0.4 is 0 Å². The van der Waals surface area contributed by atoms with Gasteiger partial charge in [-0.2, -0.15) is 5.26 Å². The van der Waals surface area contributed by atoms with Gasteiger partial charge in [-0.25, -0.2) is 4.39 Å². The van der Waals surface area contributed by atoms with Crippen molar-refractivity contribution in [3.8, 4) is 6.07 Å². The number of nitrogens with zero attached hydrogens (tertiary/aromatic N) is 3. The van der Waals surface area contributed by atoms with E-state index < -0.39 is 5.41 Å². The maximum absolute atomic E-state index is 13.0. The number of thioether (sulfide) groups is 1. The molecule has 31 heavy (non-hydrogen) atoms. The van der Waals surface area contributed by atoms with Gasteiger partial charge in [-0.05, 0) is 55.1 Å². The van der Waals surface area contributed by atoms with Gasteiger partial charge in [-0.1, -0.05) is 44.2 Å². The second kappa shape index (κ2) is 11.7. The van der Waals surface area contributed by atoms with Gasteiger partial charge in [0.1, 0.15) is 5.82 Å². The molecular formula is C26H34FN3S. The van der Waals surface area contributed by atoms with Gasteiger partial charge < -0.3 is 4.90 Å². The summed E-state index contributed by atoms with van der Waals surface area (Å²) in [6, 6.07) is 19.7. The molecule has 0 radical (unpaired) electrons. The van der Waals surface area contributed by atoms with E-state index in [9.17, 15) is 9.65 Å². The van der Waals surface area contributed by atoms with Gasteiger partial charge in [0.2, 0.25) is 0 Å². The number of hydrogen-bond acceptors (Lipinski definition) is 4. The molecule has 1 fully saturated rings. The number of hydrogen-bond donors (Lipinski definition) is 0. The van der Waals surface area contributed by atoms with Crippen LogP contribution in [0.3, 0.4) is 0 Å². The summed E-state index contributed by atoms with van der Waals surface area (Å²) in [5.74, 6) is 1.14. The standard InChI is InChI=1S/C26H34FN3S/c1-22(2)26(21-28,23-7-4-3-5-8-23)13-6-14-29-15-17-30(18-16-29)19-20-31-25-11-9-24(27)10-12-25/h3-5,7-12,22H,6,13-20H2,1-2H3. The van der Waals surface area contributed by atoms with Crippen molar-refractivity contribution in [2.75, 3.05) is 45.0 Å². The number of nitriles is 1. The van der Waals surface area contributed by atoms with Gasteiger partial charge >= 0.3 is 0 Å². The normalized spacial score (nSPS) is 17.4. The molecule has 5 heteroatoms. The largest absolute Gasteiger partial charge is 0.301 e. The molecule has 0 saturated carbocycles. The molecule has 0 amide bonds. The first-order valence-electron chi connectivity index (χ1n) is 11.3. The Bertz CT molecular complexity index is 826. The van der Waals surface area contributed by atoms with Crippen LogP contribution in [0.4, 0.5) is 4.39 Å². The molecule has 1 saturated heterocycles. The van der Waals surface area contributed by atoms with Crippen LogP contribution in [0.1, 0.15) is 32.3 Å². The van der Waals surface area contributed by atoms with Crippen LogP contribution in [-0.2, 0) is 5.41 Å². The zero-order chi connectivity index (χ0) is 22.1. The van der Waals surface area contributed by atoms with Gasteiger partial charge in [0.25, 0.3) is 0 Å². The monoisotopic (exact) mass is 439 g/mol. The molecule has 2 aromatic carbocycles. The fourth-order valence-electron chi connectivity index (χ4n) is 4.39. The Morgan fingerprint density at radius 2 is 1.58 bits per heavy atom. The molecule has 3 nitrogen and oxygen atoms in total. The van der Waals surface area contributed by atoms with E-state index in [1.807, 2.05) is 30.3 Å². The van der Waals surface area contributed by atoms with Crippen molar-refractivity contribution in [1.82, 2.24) is 9.80 Å². The van der Waals surface area contributed by atoms with Crippen molar-refractivity contribution in [3.63, 3.8) is 0 Å². The van der Waals surface area contributed by atoms with E-state index in [1.54, 1.807) is 11.8 Å². The minimum absolute atomic E-state index is 0.176. The Balaban J connectivity index is 1.39. The summed E-state index contributed by atoms with van der Waals surface area (Å²) in [6.45, 7) is 10.8. The van der Waals surface area contributed by atoms with E-state index in [0.717, 1.165) is 68.3 Å². The number of halogens is 1. The van der Waals surface area contributed by atoms with Crippen molar-refractivity contribution >= 4 is 11.8 Å². The van der Waals surface area contributed by atoms with Crippen LogP contribution in [0.2, 0.25) is 0 Å². The molecule has 0 spiro atoms. The van der Waals surface area contributed by atoms with Crippen LogP contribution in [0, 0.1) is 23.1 Å². The second-order valence-electron chi connectivity index (χ2n) is 8.69. The number of rotatable bonds is 10. The van der Waals surface area contributed by atoms with Crippen molar-refractivity contribution in [2.24, 2.45) is 5.92 Å². The van der Waals surface area contributed by atoms with Crippen LogP contribution in [-0.4, -0.2) is 54.8 Å². The average molecular weight is 440 g/mol. The van der Waals surface area contributed by atoms with Crippen LogP contribution in [0.25, 0.3) is 0 Å². The van der Waals surface area contributed by atoms with E-state index in [0.29, 0.717) is 0 Å². The Morgan fingerprint density at radius 3 is 2.16 bits per heavy atom. The van der Waals surface area contributed by atoms with E-state index >= 15 is 0 Å². The first-order chi connectivity index (χ1) is 15.0. The predicted octanol–water partition coefficient (Wildman–Crippen LogP) is 5.43. The summed E-state index contributed by atoms with van der Waals surface area (Å²) in [5, 5.41) is 10.1. The Kier molecular flexibility index (Phi) is 8.95. The third-order valence-corrected chi connectivity index (χ3v) is 7.47. The summed E-state index contributed by atoms with van der Waals surface area (Å²) in [7, 11) is 0. The Morgan fingerprint density at radius 1 is 0.968 bits per heavy atom. The van der Waals surface area contributed by atoms with E-state index in [-0.39, 0.29) is 11.7 Å². The highest BCUT2D eigenvalue weighted by Gasteiger charge is 2.35. The SMILES string of the molecule is CC(C)C(C#N)(CCCN1CCN(CCSc2ccc(F)cc2)CC1)c1ccccc1. The quantitative estimate of drug-likeness (QED) is 0.462. The summed E-state index contributed by atoms with van der Waals surface area (Å²) in [6.07, 6.45) is 1.95. The average Bonchev–Trinajstić information content (AvgIpc) is 2.79. The number of piperazine rings is 1. The highest BCUT2D eigenvalue weighted by Crippen LogP contribution is 2.36. The first kappa shape index (κ1) is 23.8. The summed E-state index contributed by atoms with van der Waals surface area (Å²) in [4.78, 5) is 6.19. The molecule has 1 aliphatic heterocycles. The molecule has 1 unspecified atom stereocenters. The number of benzene rings is 2. The fourth-order valence-corrected chi connectivity index (χ4v) is 5.31.